The van der Waals surface area contributed by atoms with Crippen LogP contribution < -0.4 is 4.90 Å². The number of nitrogens with zero attached hydrogens (tertiary/aromatic N) is 1. The first-order valence-electron chi connectivity index (χ1n) is 6.43. The number of allylic oxidation sites excluding steroid dienone is 4. The molecule has 0 saturated heterocycles. The molecule has 0 aromatic heterocycles. The quantitative estimate of drug-likeness (QED) is 0.783. The number of anilines is 1. The molecule has 0 bridgehead atoms. The third kappa shape index (κ3) is 2.19. The van der Waals surface area contributed by atoms with Crippen LogP contribution in [0.3, 0.4) is 0 Å². The Morgan fingerprint density at radius 2 is 2.00 bits per heavy atom. The van der Waals surface area contributed by atoms with Crippen LogP contribution in [-0.4, -0.2) is 15.0 Å². The summed E-state index contributed by atoms with van der Waals surface area (Å²) in [5.41, 5.74) is 4.30. The molecule has 0 spiro atoms. The second-order valence-electron chi connectivity index (χ2n) is 4.77. The van der Waals surface area contributed by atoms with Crippen molar-refractivity contribution in [3.63, 3.8) is 0 Å². The summed E-state index contributed by atoms with van der Waals surface area (Å²) in [5, 5.41) is 0. The van der Waals surface area contributed by atoms with Crippen molar-refractivity contribution in [1.29, 1.82) is 0 Å². The van der Waals surface area contributed by atoms with Crippen molar-refractivity contribution < 1.29 is 8.42 Å². The summed E-state index contributed by atoms with van der Waals surface area (Å²) in [6.07, 6.45) is 5.83. The molecule has 104 valence electrons. The van der Waals surface area contributed by atoms with Gasteiger partial charge in [-0.3, -0.25) is 0 Å². The summed E-state index contributed by atoms with van der Waals surface area (Å²) in [6, 6.07) is 8.10. The van der Waals surface area contributed by atoms with Crippen LogP contribution in [0.2, 0.25) is 0 Å². The molecule has 20 heavy (non-hydrogen) atoms. The Hall–Kier alpha value is -1.52. The van der Waals surface area contributed by atoms with Gasteiger partial charge in [-0.25, -0.2) is 8.42 Å². The topological polar surface area (TPSA) is 37.4 Å². The van der Waals surface area contributed by atoms with Gasteiger partial charge in [0.15, 0.2) is 0 Å². The van der Waals surface area contributed by atoms with Gasteiger partial charge in [-0.2, -0.15) is 0 Å². The first kappa shape index (κ1) is 13.5. The largest absolute Gasteiger partial charge is 0.341 e. The molecule has 1 aromatic carbocycles. The van der Waals surface area contributed by atoms with E-state index in [1.54, 1.807) is 6.08 Å². The Labute approximate surface area is 123 Å². The van der Waals surface area contributed by atoms with Crippen LogP contribution in [0.4, 0.5) is 5.69 Å². The van der Waals surface area contributed by atoms with Gasteiger partial charge in [-0.1, -0.05) is 18.2 Å². The summed E-state index contributed by atoms with van der Waals surface area (Å²) in [5.74, 6) is 0. The van der Waals surface area contributed by atoms with Crippen LogP contribution in [0.1, 0.15) is 18.9 Å². The van der Waals surface area contributed by atoms with Crippen molar-refractivity contribution in [2.45, 2.75) is 13.3 Å². The monoisotopic (exact) mass is 307 g/mol. The molecule has 3 rings (SSSR count). The van der Waals surface area contributed by atoms with Crippen LogP contribution in [0, 0.1) is 0 Å². The van der Waals surface area contributed by atoms with Crippen LogP contribution in [0.5, 0.6) is 0 Å². The van der Waals surface area contributed by atoms with Gasteiger partial charge in [0.2, 0.25) is 0 Å². The van der Waals surface area contributed by atoms with Crippen LogP contribution in [-0.2, 0) is 9.05 Å². The average Bonchev–Trinajstić information content (AvgIpc) is 2.43. The lowest BCUT2D eigenvalue weighted by Gasteiger charge is -2.34. The van der Waals surface area contributed by atoms with Gasteiger partial charge >= 0.3 is 0 Å². The molecule has 2 aliphatic rings. The van der Waals surface area contributed by atoms with Crippen LogP contribution in [0.25, 0.3) is 6.08 Å². The third-order valence-electron chi connectivity index (χ3n) is 3.60. The SMILES string of the molecule is CCN1C2=CC=C(S(=O)(=O)Cl)CC2=Cc2ccccc21. The van der Waals surface area contributed by atoms with E-state index >= 15 is 0 Å². The Kier molecular flexibility index (Phi) is 3.22. The van der Waals surface area contributed by atoms with Crippen molar-refractivity contribution >= 4 is 31.5 Å². The molecular weight excluding hydrogens is 294 g/mol. The molecule has 5 heteroatoms. The Bertz CT molecular complexity index is 760. The molecule has 0 fully saturated rings. The molecular formula is C15H14ClNO2S. The summed E-state index contributed by atoms with van der Waals surface area (Å²) in [7, 11) is 1.80. The molecule has 0 radical (unpaired) electrons. The number of fused-ring (bicyclic) bond motifs is 2. The molecule has 1 aliphatic heterocycles. The van der Waals surface area contributed by atoms with E-state index in [0.29, 0.717) is 6.42 Å². The van der Waals surface area contributed by atoms with E-state index in [2.05, 4.69) is 17.9 Å². The van der Waals surface area contributed by atoms with E-state index in [0.717, 1.165) is 29.1 Å². The van der Waals surface area contributed by atoms with E-state index in [4.69, 9.17) is 10.7 Å². The highest BCUT2D eigenvalue weighted by Gasteiger charge is 2.27. The number of benzene rings is 1. The molecule has 1 aliphatic carbocycles. The van der Waals surface area contributed by atoms with E-state index in [-0.39, 0.29) is 4.91 Å². The minimum Gasteiger partial charge on any atom is -0.341 e. The Morgan fingerprint density at radius 1 is 1.25 bits per heavy atom. The second kappa shape index (κ2) is 4.79. The van der Waals surface area contributed by atoms with Gasteiger partial charge in [0.05, 0.1) is 4.91 Å². The van der Waals surface area contributed by atoms with Gasteiger partial charge in [-0.15, -0.1) is 0 Å². The highest BCUT2D eigenvalue weighted by atomic mass is 35.7. The maximum atomic E-state index is 11.5. The average molecular weight is 308 g/mol. The van der Waals surface area contributed by atoms with E-state index in [9.17, 15) is 8.42 Å². The minimum absolute atomic E-state index is 0.254. The third-order valence-corrected chi connectivity index (χ3v) is 5.10. The summed E-state index contributed by atoms with van der Waals surface area (Å²) >= 11 is 0. The Balaban J connectivity index is 2.14. The fourth-order valence-electron chi connectivity index (χ4n) is 2.69. The molecule has 0 unspecified atom stereocenters. The van der Waals surface area contributed by atoms with Gasteiger partial charge in [0, 0.05) is 35.0 Å². The molecule has 0 atom stereocenters. The highest BCUT2D eigenvalue weighted by Crippen LogP contribution is 2.40. The van der Waals surface area contributed by atoms with E-state index < -0.39 is 9.05 Å². The first-order valence-corrected chi connectivity index (χ1v) is 8.74. The normalized spacial score (nSPS) is 17.7. The first-order chi connectivity index (χ1) is 9.50. The minimum atomic E-state index is -3.65. The predicted octanol–water partition coefficient (Wildman–Crippen LogP) is 3.65. The lowest BCUT2D eigenvalue weighted by Crippen LogP contribution is -2.27. The maximum absolute atomic E-state index is 11.5. The standard InChI is InChI=1S/C15H14ClNO2S/c1-2-17-14-6-4-3-5-11(14)9-12-10-13(20(16,18)19)7-8-15(12)17/h3-9H,2,10H2,1H3. The number of hydrogen-bond donors (Lipinski definition) is 0. The van der Waals surface area contributed by atoms with E-state index in [1.165, 1.54) is 0 Å². The molecule has 1 aromatic rings. The fourth-order valence-corrected chi connectivity index (χ4v) is 3.56. The van der Waals surface area contributed by atoms with Crippen LogP contribution >= 0.6 is 10.7 Å². The van der Waals surface area contributed by atoms with Gasteiger partial charge in [-0.05, 0) is 42.4 Å². The smallest absolute Gasteiger partial charge is 0.257 e. The molecule has 0 saturated carbocycles. The number of rotatable bonds is 2. The van der Waals surface area contributed by atoms with Crippen molar-refractivity contribution in [3.05, 3.63) is 58.2 Å². The second-order valence-corrected chi connectivity index (χ2v) is 7.39. The zero-order chi connectivity index (χ0) is 14.3. The highest BCUT2D eigenvalue weighted by molar-refractivity contribution is 8.16. The predicted molar refractivity (Wildman–Crippen MR) is 83.0 cm³/mol. The number of likely N-dealkylation sites (N-methyl/N-ethyl adjacent to an activating group) is 1. The number of hydrogen-bond acceptors (Lipinski definition) is 3. The van der Waals surface area contributed by atoms with E-state index in [1.807, 2.05) is 30.4 Å². The maximum Gasteiger partial charge on any atom is 0.257 e. The molecule has 3 nitrogen and oxygen atoms in total. The van der Waals surface area contributed by atoms with Gasteiger partial charge in [0.1, 0.15) is 0 Å². The fraction of sp³-hybridized carbons (Fsp3) is 0.200. The lowest BCUT2D eigenvalue weighted by atomic mass is 9.94. The summed E-state index contributed by atoms with van der Waals surface area (Å²) in [6.45, 7) is 2.91. The van der Waals surface area contributed by atoms with Crippen molar-refractivity contribution in [3.8, 4) is 0 Å². The van der Waals surface area contributed by atoms with Crippen molar-refractivity contribution in [1.82, 2.24) is 0 Å². The summed E-state index contributed by atoms with van der Waals surface area (Å²) < 4.78 is 23.0. The number of halogens is 1. The zero-order valence-electron chi connectivity index (χ0n) is 11.0. The van der Waals surface area contributed by atoms with Gasteiger partial charge < -0.3 is 4.90 Å². The Morgan fingerprint density at radius 3 is 2.70 bits per heavy atom. The zero-order valence-corrected chi connectivity index (χ0v) is 12.6. The van der Waals surface area contributed by atoms with Crippen molar-refractivity contribution in [2.24, 2.45) is 0 Å². The van der Waals surface area contributed by atoms with Crippen LogP contribution in [0.15, 0.2) is 52.6 Å². The molecule has 0 N–H and O–H groups in total. The summed E-state index contributed by atoms with van der Waals surface area (Å²) in [4.78, 5) is 2.45. The molecule has 0 amide bonds. The van der Waals surface area contributed by atoms with Crippen molar-refractivity contribution in [2.75, 3.05) is 11.4 Å². The van der Waals surface area contributed by atoms with Gasteiger partial charge in [0.25, 0.3) is 9.05 Å². The molecule has 1 heterocycles. The lowest BCUT2D eigenvalue weighted by molar-refractivity contribution is 0.613. The number of para-hydroxylation sites is 1.